The topological polar surface area (TPSA) is 125 Å². The zero-order valence-electron chi connectivity index (χ0n) is 23.8. The van der Waals surface area contributed by atoms with Crippen LogP contribution in [0, 0.1) is 11.7 Å². The number of hydrogen-bond acceptors (Lipinski definition) is 8. The Morgan fingerprint density at radius 3 is 2.49 bits per heavy atom. The fourth-order valence-electron chi connectivity index (χ4n) is 4.86. The fraction of sp³-hybridized carbons (Fsp3) is 0.281. The van der Waals surface area contributed by atoms with E-state index in [1.165, 1.54) is 12.1 Å². The molecule has 0 saturated carbocycles. The maximum Gasteiger partial charge on any atom is 0.316 e. The van der Waals surface area contributed by atoms with Crippen molar-refractivity contribution < 1.29 is 32.9 Å². The number of rotatable bonds is 11. The number of carbonyl (C=O) groups excluding carboxylic acids is 2. The number of nitrogens with zero attached hydrogens (tertiary/aromatic N) is 2. The Labute approximate surface area is 248 Å². The summed E-state index contributed by atoms with van der Waals surface area (Å²) in [5, 5.41) is 3.95. The third-order valence-electron chi connectivity index (χ3n) is 7.15. The van der Waals surface area contributed by atoms with Gasteiger partial charge in [-0.2, -0.15) is 0 Å². The first-order valence-electron chi connectivity index (χ1n) is 14.0. The van der Waals surface area contributed by atoms with Crippen LogP contribution in [0.5, 0.6) is 28.7 Å². The van der Waals surface area contributed by atoms with Gasteiger partial charge in [-0.3, -0.25) is 14.6 Å². The van der Waals surface area contributed by atoms with E-state index in [1.54, 1.807) is 55.8 Å². The summed E-state index contributed by atoms with van der Waals surface area (Å²) in [5.74, 6) is -0.520. The Morgan fingerprint density at radius 2 is 1.77 bits per heavy atom. The number of piperidine rings is 1. The van der Waals surface area contributed by atoms with Gasteiger partial charge in [0.2, 0.25) is 0 Å². The van der Waals surface area contributed by atoms with Gasteiger partial charge in [0.15, 0.2) is 23.1 Å². The number of anilines is 1. The van der Waals surface area contributed by atoms with Crippen molar-refractivity contribution in [1.82, 2.24) is 10.3 Å². The molecule has 10 nitrogen and oxygen atoms in total. The number of para-hydroxylation sites is 1. The summed E-state index contributed by atoms with van der Waals surface area (Å²) in [7, 11) is 1.55. The predicted molar refractivity (Wildman–Crippen MR) is 159 cm³/mol. The highest BCUT2D eigenvalue weighted by molar-refractivity contribution is 6.39. The van der Waals surface area contributed by atoms with Crippen molar-refractivity contribution in [3.8, 4) is 28.7 Å². The molecule has 4 aromatic rings. The number of amides is 2. The molecule has 3 N–H and O–H groups in total. The summed E-state index contributed by atoms with van der Waals surface area (Å²) in [6.07, 6.45) is 3.66. The summed E-state index contributed by atoms with van der Waals surface area (Å²) in [4.78, 5) is 29.8. The van der Waals surface area contributed by atoms with E-state index < -0.39 is 17.6 Å². The number of nitrogens with one attached hydrogen (secondary N) is 1. The summed E-state index contributed by atoms with van der Waals surface area (Å²) in [6, 6.07) is 18.1. The van der Waals surface area contributed by atoms with Gasteiger partial charge >= 0.3 is 11.8 Å². The van der Waals surface area contributed by atoms with Crippen LogP contribution >= 0.6 is 0 Å². The largest absolute Gasteiger partial charge is 0.493 e. The van der Waals surface area contributed by atoms with Crippen molar-refractivity contribution in [3.05, 3.63) is 78.7 Å². The molecular formula is C32H33FN4O6. The molecule has 224 valence electrons. The molecule has 1 aliphatic rings. The first-order valence-corrected chi connectivity index (χ1v) is 14.0. The van der Waals surface area contributed by atoms with Crippen LogP contribution in [0.2, 0.25) is 0 Å². The van der Waals surface area contributed by atoms with Crippen LogP contribution in [-0.2, 0) is 9.59 Å². The monoisotopic (exact) mass is 588 g/mol. The Bertz CT molecular complexity index is 1580. The highest BCUT2D eigenvalue weighted by atomic mass is 19.1. The fourth-order valence-corrected chi connectivity index (χ4v) is 4.86. The molecule has 3 aromatic carbocycles. The van der Waals surface area contributed by atoms with Crippen molar-refractivity contribution in [2.45, 2.75) is 12.8 Å². The molecule has 0 bridgehead atoms. The van der Waals surface area contributed by atoms with E-state index in [0.29, 0.717) is 46.4 Å². The molecule has 43 heavy (non-hydrogen) atoms. The number of carbonyl (C=O) groups is 2. The van der Waals surface area contributed by atoms with Crippen LogP contribution in [0.25, 0.3) is 10.9 Å². The maximum absolute atomic E-state index is 15.4. The molecule has 1 aromatic heterocycles. The smallest absolute Gasteiger partial charge is 0.316 e. The molecule has 1 aliphatic heterocycles. The lowest BCUT2D eigenvalue weighted by Crippen LogP contribution is -2.42. The number of ether oxygens (including phenoxy) is 4. The molecule has 1 saturated heterocycles. The quantitative estimate of drug-likeness (QED) is 0.246. The number of aromatic nitrogens is 1. The van der Waals surface area contributed by atoms with E-state index >= 15 is 4.39 Å². The Kier molecular flexibility index (Phi) is 9.52. The molecule has 11 heteroatoms. The second-order valence-electron chi connectivity index (χ2n) is 10.0. The van der Waals surface area contributed by atoms with Crippen molar-refractivity contribution in [1.29, 1.82) is 0 Å². The first kappa shape index (κ1) is 29.6. The normalized spacial score (nSPS) is 13.3. The first-order chi connectivity index (χ1) is 20.9. The highest BCUT2D eigenvalue weighted by Gasteiger charge is 2.23. The van der Waals surface area contributed by atoms with Gasteiger partial charge in [-0.05, 0) is 68.2 Å². The number of halogens is 1. The van der Waals surface area contributed by atoms with Crippen molar-refractivity contribution >= 4 is 28.4 Å². The predicted octanol–water partition coefficient (Wildman–Crippen LogP) is 4.45. The molecule has 0 unspecified atom stereocenters. The Hall–Kier alpha value is -4.90. The molecular weight excluding hydrogens is 555 g/mol. The number of methoxy groups -OCH3 is 1. The van der Waals surface area contributed by atoms with Crippen LogP contribution in [0.3, 0.4) is 0 Å². The van der Waals surface area contributed by atoms with E-state index in [-0.39, 0.29) is 24.6 Å². The average molecular weight is 589 g/mol. The Balaban J connectivity index is 1.34. The summed E-state index contributed by atoms with van der Waals surface area (Å²) < 4.78 is 38.7. The minimum absolute atomic E-state index is 0.0346. The van der Waals surface area contributed by atoms with Gasteiger partial charge in [0, 0.05) is 29.4 Å². The molecule has 0 spiro atoms. The van der Waals surface area contributed by atoms with E-state index in [2.05, 4.69) is 10.3 Å². The second kappa shape index (κ2) is 13.8. The van der Waals surface area contributed by atoms with Gasteiger partial charge in [-0.25, -0.2) is 4.39 Å². The highest BCUT2D eigenvalue weighted by Crippen LogP contribution is 2.38. The number of pyridine rings is 1. The second-order valence-corrected chi connectivity index (χ2v) is 10.0. The van der Waals surface area contributed by atoms with E-state index in [4.69, 9.17) is 24.7 Å². The van der Waals surface area contributed by atoms with Crippen LogP contribution in [0.4, 0.5) is 10.1 Å². The minimum Gasteiger partial charge on any atom is -0.493 e. The standard InChI is InChI=1S/C32H33FN4O6/c1-40-29-18-24-26(19-30(29)42-20-21-9-12-35-13-10-21)36-14-11-27(24)43-28-8-7-22(17-25(28)33)37(32(39)31(34)38)15-16-41-23-5-3-2-4-6-23/h2-8,11,14,17-19,21,35H,9-10,12-13,15-16,20H2,1H3,(H2,34,38). The number of fused-ring (bicyclic) bond motifs is 1. The number of benzene rings is 3. The van der Waals surface area contributed by atoms with E-state index in [0.717, 1.165) is 36.9 Å². The Morgan fingerprint density at radius 1 is 0.977 bits per heavy atom. The maximum atomic E-state index is 15.4. The summed E-state index contributed by atoms with van der Waals surface area (Å²) in [6.45, 7) is 2.55. The molecule has 1 fully saturated rings. The van der Waals surface area contributed by atoms with Crippen molar-refractivity contribution in [3.63, 3.8) is 0 Å². The lowest BCUT2D eigenvalue weighted by atomic mass is 9.99. The summed E-state index contributed by atoms with van der Waals surface area (Å²) >= 11 is 0. The zero-order valence-corrected chi connectivity index (χ0v) is 23.8. The molecule has 2 amide bonds. The molecule has 0 radical (unpaired) electrons. The van der Waals surface area contributed by atoms with Gasteiger partial charge in [0.05, 0.1) is 25.8 Å². The number of hydrogen-bond donors (Lipinski definition) is 2. The van der Waals surface area contributed by atoms with Crippen LogP contribution in [0.15, 0.2) is 72.9 Å². The number of nitrogens with two attached hydrogens (primary N) is 1. The van der Waals surface area contributed by atoms with Gasteiger partial charge in [0.25, 0.3) is 0 Å². The SMILES string of the molecule is COc1cc2c(Oc3ccc(N(CCOc4ccccc4)C(=O)C(N)=O)cc3F)ccnc2cc1OCC1CCNCC1. The van der Waals surface area contributed by atoms with Crippen molar-refractivity contribution in [2.75, 3.05) is 44.9 Å². The molecule has 2 heterocycles. The van der Waals surface area contributed by atoms with Crippen LogP contribution in [0.1, 0.15) is 12.8 Å². The molecule has 0 atom stereocenters. The van der Waals surface area contributed by atoms with Gasteiger partial charge < -0.3 is 34.9 Å². The zero-order chi connectivity index (χ0) is 30.2. The molecule has 5 rings (SSSR count). The number of primary amides is 1. The van der Waals surface area contributed by atoms with E-state index in [1.807, 2.05) is 6.07 Å². The third-order valence-corrected chi connectivity index (χ3v) is 7.15. The summed E-state index contributed by atoms with van der Waals surface area (Å²) in [5.41, 5.74) is 5.97. The van der Waals surface area contributed by atoms with Crippen LogP contribution in [-0.4, -0.2) is 56.8 Å². The molecule has 0 aliphatic carbocycles. The third kappa shape index (κ3) is 7.31. The van der Waals surface area contributed by atoms with Gasteiger partial charge in [0.1, 0.15) is 18.1 Å². The lowest BCUT2D eigenvalue weighted by Gasteiger charge is -2.23. The average Bonchev–Trinajstić information content (AvgIpc) is 3.03. The minimum atomic E-state index is -1.17. The van der Waals surface area contributed by atoms with Gasteiger partial charge in [-0.15, -0.1) is 0 Å². The van der Waals surface area contributed by atoms with Crippen molar-refractivity contribution in [2.24, 2.45) is 11.7 Å². The van der Waals surface area contributed by atoms with Gasteiger partial charge in [-0.1, -0.05) is 18.2 Å². The van der Waals surface area contributed by atoms with E-state index in [9.17, 15) is 9.59 Å². The van der Waals surface area contributed by atoms with Crippen LogP contribution < -0.4 is 34.9 Å². The lowest BCUT2D eigenvalue weighted by molar-refractivity contribution is -0.135.